The summed E-state index contributed by atoms with van der Waals surface area (Å²) in [6.07, 6.45) is 1.95. The minimum absolute atomic E-state index is 0.0894. The second kappa shape index (κ2) is 7.15. The van der Waals surface area contributed by atoms with Crippen molar-refractivity contribution in [1.82, 2.24) is 15.2 Å². The van der Waals surface area contributed by atoms with Gasteiger partial charge < -0.3 is 15.4 Å². The van der Waals surface area contributed by atoms with E-state index in [9.17, 15) is 19.2 Å². The van der Waals surface area contributed by atoms with Crippen molar-refractivity contribution in [1.29, 1.82) is 0 Å². The van der Waals surface area contributed by atoms with Crippen LogP contribution in [0.2, 0.25) is 5.02 Å². The molecule has 27 heavy (non-hydrogen) atoms. The van der Waals surface area contributed by atoms with Gasteiger partial charge in [-0.25, -0.2) is 9.78 Å². The van der Waals surface area contributed by atoms with Gasteiger partial charge in [0.1, 0.15) is 17.9 Å². The summed E-state index contributed by atoms with van der Waals surface area (Å²) in [6.45, 7) is 2.48. The first-order chi connectivity index (χ1) is 12.7. The van der Waals surface area contributed by atoms with E-state index in [1.807, 2.05) is 0 Å². The molecule has 144 valence electrons. The van der Waals surface area contributed by atoms with E-state index in [-0.39, 0.29) is 11.7 Å². The fraction of sp³-hybridized carbons (Fsp3) is 0.471. The van der Waals surface area contributed by atoms with Crippen LogP contribution in [0.5, 0.6) is 0 Å². The number of pyridine rings is 1. The monoisotopic (exact) mass is 394 g/mol. The normalized spacial score (nSPS) is 23.0. The summed E-state index contributed by atoms with van der Waals surface area (Å²) >= 11 is 5.72. The van der Waals surface area contributed by atoms with E-state index in [1.54, 1.807) is 13.0 Å². The molecule has 1 aromatic heterocycles. The third-order valence-corrected chi connectivity index (χ3v) is 4.86. The molecule has 0 unspecified atom stereocenters. The third-order valence-electron chi connectivity index (χ3n) is 4.64. The molecule has 0 aromatic carbocycles. The van der Waals surface area contributed by atoms with Crippen molar-refractivity contribution in [3.05, 3.63) is 23.4 Å². The zero-order valence-electron chi connectivity index (χ0n) is 14.8. The highest BCUT2D eigenvalue weighted by Gasteiger charge is 2.56. The highest BCUT2D eigenvalue weighted by molar-refractivity contribution is 6.30. The Balaban J connectivity index is 1.54. The maximum Gasteiger partial charge on any atom is 0.327 e. The Morgan fingerprint density at radius 1 is 1.44 bits per heavy atom. The molecule has 2 fully saturated rings. The number of nitrogens with zero attached hydrogens (tertiary/aromatic N) is 2. The number of imide groups is 1. The Bertz CT molecular complexity index is 795. The van der Waals surface area contributed by atoms with Gasteiger partial charge in [-0.1, -0.05) is 11.6 Å². The van der Waals surface area contributed by atoms with E-state index >= 15 is 0 Å². The van der Waals surface area contributed by atoms with E-state index in [4.69, 9.17) is 16.3 Å². The number of nitrogens with one attached hydrogen (secondary N) is 2. The predicted octanol–water partition coefficient (Wildman–Crippen LogP) is 1.33. The van der Waals surface area contributed by atoms with Gasteiger partial charge in [-0.3, -0.25) is 19.3 Å². The highest BCUT2D eigenvalue weighted by Crippen LogP contribution is 2.42. The van der Waals surface area contributed by atoms with Crippen LogP contribution >= 0.6 is 11.6 Å². The largest absolute Gasteiger partial charge is 0.451 e. The summed E-state index contributed by atoms with van der Waals surface area (Å²) in [7, 11) is 0. The summed E-state index contributed by atoms with van der Waals surface area (Å²) in [5, 5.41) is 5.53. The van der Waals surface area contributed by atoms with Gasteiger partial charge in [0.2, 0.25) is 0 Å². The van der Waals surface area contributed by atoms with Gasteiger partial charge in [-0.05, 0) is 44.7 Å². The van der Waals surface area contributed by atoms with Crippen molar-refractivity contribution in [2.75, 3.05) is 11.9 Å². The minimum atomic E-state index is -1.13. The second-order valence-corrected chi connectivity index (χ2v) is 7.22. The van der Waals surface area contributed by atoms with Gasteiger partial charge >= 0.3 is 12.0 Å². The molecule has 1 saturated carbocycles. The standard InChI is InChI=1S/C17H19ClN4O5/c1-9(14(24)20-12-6-5-11(18)7-19-12)27-13(23)8-22-15(25)17(2,10-3-4-10)21-16(22)26/h5-7,9-10H,3-4,8H2,1-2H3,(H,21,26)(H,19,20,24)/t9-,17-/m1/s1. The average Bonchev–Trinajstić information content (AvgIpc) is 3.43. The first kappa shape index (κ1) is 19.1. The number of carbonyl (C=O) groups excluding carboxylic acids is 4. The van der Waals surface area contributed by atoms with E-state index in [0.717, 1.165) is 17.7 Å². The maximum absolute atomic E-state index is 12.5. The predicted molar refractivity (Wildman–Crippen MR) is 94.8 cm³/mol. The molecular formula is C17H19ClN4O5. The van der Waals surface area contributed by atoms with Crippen LogP contribution < -0.4 is 10.6 Å². The van der Waals surface area contributed by atoms with Crippen LogP contribution in [0.15, 0.2) is 18.3 Å². The van der Waals surface area contributed by atoms with Crippen molar-refractivity contribution >= 4 is 41.2 Å². The second-order valence-electron chi connectivity index (χ2n) is 6.78. The zero-order chi connectivity index (χ0) is 19.8. The van der Waals surface area contributed by atoms with Gasteiger partial charge in [0.15, 0.2) is 6.10 Å². The van der Waals surface area contributed by atoms with Gasteiger partial charge in [-0.2, -0.15) is 0 Å². The topological polar surface area (TPSA) is 118 Å². The molecule has 2 N–H and O–H groups in total. The van der Waals surface area contributed by atoms with E-state index < -0.39 is 42.0 Å². The van der Waals surface area contributed by atoms with Crippen LogP contribution in [-0.4, -0.2) is 51.9 Å². The Kier molecular flexibility index (Phi) is 5.05. The molecule has 3 rings (SSSR count). The van der Waals surface area contributed by atoms with E-state index in [1.165, 1.54) is 19.2 Å². The molecule has 2 heterocycles. The molecule has 4 amide bonds. The van der Waals surface area contributed by atoms with Crippen LogP contribution in [0.3, 0.4) is 0 Å². The Labute approximate surface area is 160 Å². The van der Waals surface area contributed by atoms with Gasteiger partial charge in [0.05, 0.1) is 5.02 Å². The number of anilines is 1. The number of urea groups is 1. The van der Waals surface area contributed by atoms with Crippen molar-refractivity contribution in [3.63, 3.8) is 0 Å². The molecule has 10 heteroatoms. The minimum Gasteiger partial charge on any atom is -0.451 e. The molecule has 2 atom stereocenters. The van der Waals surface area contributed by atoms with Crippen LogP contribution in [-0.2, 0) is 19.1 Å². The molecule has 1 aliphatic carbocycles. The molecule has 9 nitrogen and oxygen atoms in total. The maximum atomic E-state index is 12.5. The van der Waals surface area contributed by atoms with E-state index in [2.05, 4.69) is 15.6 Å². The van der Waals surface area contributed by atoms with Gasteiger partial charge in [0, 0.05) is 6.20 Å². The number of halogens is 1. The number of esters is 1. The van der Waals surface area contributed by atoms with Crippen LogP contribution in [0, 0.1) is 5.92 Å². The third kappa shape index (κ3) is 4.02. The quantitative estimate of drug-likeness (QED) is 0.555. The first-order valence-corrected chi connectivity index (χ1v) is 8.84. The summed E-state index contributed by atoms with van der Waals surface area (Å²) < 4.78 is 5.03. The average molecular weight is 395 g/mol. The van der Waals surface area contributed by atoms with Gasteiger partial charge in [-0.15, -0.1) is 0 Å². The number of amides is 4. The van der Waals surface area contributed by atoms with Crippen LogP contribution in [0.25, 0.3) is 0 Å². The fourth-order valence-electron chi connectivity index (χ4n) is 2.89. The lowest BCUT2D eigenvalue weighted by Crippen LogP contribution is -2.46. The lowest BCUT2D eigenvalue weighted by atomic mass is 9.96. The van der Waals surface area contributed by atoms with E-state index in [0.29, 0.717) is 5.02 Å². The fourth-order valence-corrected chi connectivity index (χ4v) is 3.00. The Morgan fingerprint density at radius 3 is 2.74 bits per heavy atom. The number of carbonyl (C=O) groups is 4. The molecule has 1 aliphatic heterocycles. The number of hydrogen-bond donors (Lipinski definition) is 2. The number of rotatable bonds is 6. The lowest BCUT2D eigenvalue weighted by molar-refractivity contribution is -0.155. The number of ether oxygens (including phenoxy) is 1. The SMILES string of the molecule is C[C@@H](OC(=O)CN1C(=O)N[C@](C)(C2CC2)C1=O)C(=O)Nc1ccc(Cl)cn1. The summed E-state index contributed by atoms with van der Waals surface area (Å²) in [6, 6.07) is 2.42. The van der Waals surface area contributed by atoms with Gasteiger partial charge in [0.25, 0.3) is 11.8 Å². The number of aromatic nitrogens is 1. The molecule has 1 saturated heterocycles. The molecule has 2 aliphatic rings. The molecule has 0 radical (unpaired) electrons. The van der Waals surface area contributed by atoms with Crippen LogP contribution in [0.4, 0.5) is 10.6 Å². The van der Waals surface area contributed by atoms with Crippen LogP contribution in [0.1, 0.15) is 26.7 Å². The zero-order valence-corrected chi connectivity index (χ0v) is 15.6. The Morgan fingerprint density at radius 2 is 2.15 bits per heavy atom. The van der Waals surface area contributed by atoms with Crippen molar-refractivity contribution in [3.8, 4) is 0 Å². The molecule has 0 bridgehead atoms. The first-order valence-electron chi connectivity index (χ1n) is 8.46. The van der Waals surface area contributed by atoms with Crippen molar-refractivity contribution in [2.24, 2.45) is 5.92 Å². The highest BCUT2D eigenvalue weighted by atomic mass is 35.5. The molecular weight excluding hydrogens is 376 g/mol. The summed E-state index contributed by atoms with van der Waals surface area (Å²) in [5.74, 6) is -1.56. The molecule has 1 aromatic rings. The number of hydrogen-bond acceptors (Lipinski definition) is 6. The summed E-state index contributed by atoms with van der Waals surface area (Å²) in [5.41, 5.74) is -0.972. The van der Waals surface area contributed by atoms with Crippen molar-refractivity contribution in [2.45, 2.75) is 38.3 Å². The lowest BCUT2D eigenvalue weighted by Gasteiger charge is -2.21. The Hall–Kier alpha value is -2.68. The van der Waals surface area contributed by atoms with Crippen molar-refractivity contribution < 1.29 is 23.9 Å². The summed E-state index contributed by atoms with van der Waals surface area (Å²) in [4.78, 5) is 53.4. The molecule has 0 spiro atoms. The smallest absolute Gasteiger partial charge is 0.327 e.